The second-order valence-electron chi connectivity index (χ2n) is 4.84. The minimum absolute atomic E-state index is 0.0341. The highest BCUT2D eigenvalue weighted by atomic mass is 35.5. The van der Waals surface area contributed by atoms with Crippen LogP contribution in [0.15, 0.2) is 42.5 Å². The summed E-state index contributed by atoms with van der Waals surface area (Å²) >= 11 is 5.94. The number of benzene rings is 2. The third-order valence-corrected chi connectivity index (χ3v) is 3.63. The molecule has 102 valence electrons. The molecule has 1 aliphatic rings. The summed E-state index contributed by atoms with van der Waals surface area (Å²) in [6.07, 6.45) is -0.475. The number of anilines is 1. The Hall–Kier alpha value is -2.04. The van der Waals surface area contributed by atoms with Crippen LogP contribution in [0.3, 0.4) is 0 Å². The number of nitrogens with zero attached hydrogens (tertiary/aromatic N) is 1. The van der Waals surface area contributed by atoms with E-state index in [4.69, 9.17) is 17.0 Å². The minimum Gasteiger partial charge on any atom is -0.359 e. The van der Waals surface area contributed by atoms with Gasteiger partial charge in [-0.3, -0.25) is 10.6 Å². The quantitative estimate of drug-likeness (QED) is 0.748. The summed E-state index contributed by atoms with van der Waals surface area (Å²) < 4.78 is 0. The summed E-state index contributed by atoms with van der Waals surface area (Å²) in [6, 6.07) is 13.1. The molecule has 4 nitrogen and oxygen atoms in total. The Labute approximate surface area is 122 Å². The van der Waals surface area contributed by atoms with E-state index >= 15 is 0 Å². The maximum Gasteiger partial charge on any atom is 0.157 e. The number of halogens is 1. The molecule has 0 radical (unpaired) electrons. The van der Waals surface area contributed by atoms with E-state index in [1.807, 2.05) is 37.3 Å². The normalized spacial score (nSPS) is 17.6. The number of hydrogen-bond acceptors (Lipinski definition) is 3. The van der Waals surface area contributed by atoms with Gasteiger partial charge in [0.05, 0.1) is 0 Å². The van der Waals surface area contributed by atoms with Crippen LogP contribution in [0.5, 0.6) is 0 Å². The zero-order chi connectivity index (χ0) is 14.3. The Bertz CT molecular complexity index is 669. The molecule has 0 saturated carbocycles. The molecule has 3 N–H and O–H groups in total. The van der Waals surface area contributed by atoms with E-state index in [1.165, 1.54) is 0 Å². The van der Waals surface area contributed by atoms with Gasteiger partial charge in [-0.2, -0.15) is 0 Å². The van der Waals surface area contributed by atoms with Crippen LogP contribution in [-0.4, -0.2) is 16.1 Å². The van der Waals surface area contributed by atoms with Crippen molar-refractivity contribution in [2.45, 2.75) is 13.1 Å². The van der Waals surface area contributed by atoms with Crippen molar-refractivity contribution in [3.8, 4) is 0 Å². The van der Waals surface area contributed by atoms with Crippen molar-refractivity contribution in [3.05, 3.63) is 64.2 Å². The highest BCUT2D eigenvalue weighted by molar-refractivity contribution is 6.31. The third-order valence-electron chi connectivity index (χ3n) is 3.40. The molecule has 0 aromatic heterocycles. The Morgan fingerprint density at radius 1 is 1.20 bits per heavy atom. The van der Waals surface area contributed by atoms with Crippen LogP contribution < -0.4 is 5.32 Å². The third kappa shape index (κ3) is 2.13. The Balaban J connectivity index is 2.02. The molecule has 1 atom stereocenters. The van der Waals surface area contributed by atoms with Gasteiger partial charge in [-0.15, -0.1) is 0 Å². The summed E-state index contributed by atoms with van der Waals surface area (Å²) in [5.41, 5.74) is 3.42. The predicted molar refractivity (Wildman–Crippen MR) is 79.4 cm³/mol. The van der Waals surface area contributed by atoms with E-state index < -0.39 is 6.17 Å². The minimum atomic E-state index is -0.475. The molecule has 0 unspecified atom stereocenters. The van der Waals surface area contributed by atoms with E-state index in [2.05, 4.69) is 5.32 Å². The Morgan fingerprint density at radius 2 is 1.90 bits per heavy atom. The van der Waals surface area contributed by atoms with E-state index in [9.17, 15) is 5.21 Å². The van der Waals surface area contributed by atoms with Gasteiger partial charge in [0.2, 0.25) is 0 Å². The number of hydroxylamine groups is 2. The zero-order valence-electron chi connectivity index (χ0n) is 10.9. The van der Waals surface area contributed by atoms with Gasteiger partial charge in [-0.05, 0) is 30.7 Å². The largest absolute Gasteiger partial charge is 0.359 e. The molecule has 0 amide bonds. The highest BCUT2D eigenvalue weighted by Crippen LogP contribution is 2.33. The number of aryl methyl sites for hydroxylation is 1. The van der Waals surface area contributed by atoms with Gasteiger partial charge < -0.3 is 5.32 Å². The molecule has 0 spiro atoms. The fourth-order valence-corrected chi connectivity index (χ4v) is 2.44. The van der Waals surface area contributed by atoms with Crippen molar-refractivity contribution in [1.29, 1.82) is 5.41 Å². The van der Waals surface area contributed by atoms with Crippen LogP contribution in [0.4, 0.5) is 5.69 Å². The number of fused-ring (bicyclic) bond motifs is 1. The average Bonchev–Trinajstić information content (AvgIpc) is 2.44. The number of nitrogens with one attached hydrogen (secondary N) is 2. The van der Waals surface area contributed by atoms with Crippen molar-refractivity contribution in [2.75, 3.05) is 5.32 Å². The van der Waals surface area contributed by atoms with Gasteiger partial charge in [-0.25, -0.2) is 5.06 Å². The standard InChI is InChI=1S/C15H14ClN3O/c1-9-2-4-10(5-3-9)15-18-13-7-6-11(16)8-12(13)14(17)19(15)20/h2-8,15,17-18,20H,1H3/t15-/m0/s1. The molecule has 3 rings (SSSR count). The summed E-state index contributed by atoms with van der Waals surface area (Å²) in [5.74, 6) is 0.0341. The van der Waals surface area contributed by atoms with Gasteiger partial charge >= 0.3 is 0 Å². The van der Waals surface area contributed by atoms with Crippen molar-refractivity contribution in [2.24, 2.45) is 0 Å². The van der Waals surface area contributed by atoms with E-state index in [0.717, 1.165) is 21.9 Å². The summed E-state index contributed by atoms with van der Waals surface area (Å²) in [6.45, 7) is 2.01. The van der Waals surface area contributed by atoms with Gasteiger partial charge in [0.25, 0.3) is 0 Å². The van der Waals surface area contributed by atoms with Crippen LogP contribution >= 0.6 is 11.6 Å². The molecule has 0 aliphatic carbocycles. The molecule has 2 aromatic rings. The average molecular weight is 288 g/mol. The van der Waals surface area contributed by atoms with Crippen molar-refractivity contribution in [3.63, 3.8) is 0 Å². The van der Waals surface area contributed by atoms with Gasteiger partial charge in [0.1, 0.15) is 0 Å². The molecular weight excluding hydrogens is 274 g/mol. The molecule has 1 heterocycles. The van der Waals surface area contributed by atoms with Crippen molar-refractivity contribution >= 4 is 23.1 Å². The monoisotopic (exact) mass is 287 g/mol. The lowest BCUT2D eigenvalue weighted by Gasteiger charge is -2.35. The summed E-state index contributed by atoms with van der Waals surface area (Å²) in [4.78, 5) is 0. The molecular formula is C15H14ClN3O. The lowest BCUT2D eigenvalue weighted by molar-refractivity contribution is -0.0481. The maximum absolute atomic E-state index is 10.2. The Kier molecular flexibility index (Phi) is 3.12. The van der Waals surface area contributed by atoms with Crippen molar-refractivity contribution < 1.29 is 5.21 Å². The van der Waals surface area contributed by atoms with E-state index in [-0.39, 0.29) is 5.84 Å². The highest BCUT2D eigenvalue weighted by Gasteiger charge is 2.29. The summed E-state index contributed by atoms with van der Waals surface area (Å²) in [7, 11) is 0. The van der Waals surface area contributed by atoms with E-state index in [1.54, 1.807) is 12.1 Å². The first kappa shape index (κ1) is 13.0. The SMILES string of the molecule is Cc1ccc([C@H]2Nc3ccc(Cl)cc3C(=N)N2O)cc1. The second kappa shape index (κ2) is 4.81. The lowest BCUT2D eigenvalue weighted by Crippen LogP contribution is -2.40. The van der Waals surface area contributed by atoms with Crippen molar-refractivity contribution in [1.82, 2.24) is 5.06 Å². The van der Waals surface area contributed by atoms with Crippen LogP contribution in [0.1, 0.15) is 22.9 Å². The molecule has 0 saturated heterocycles. The summed E-state index contributed by atoms with van der Waals surface area (Å²) in [5, 5.41) is 22.9. The molecule has 0 bridgehead atoms. The lowest BCUT2D eigenvalue weighted by atomic mass is 10.0. The van der Waals surface area contributed by atoms with Crippen LogP contribution in [0.25, 0.3) is 0 Å². The first-order chi connectivity index (χ1) is 9.56. The fourth-order valence-electron chi connectivity index (χ4n) is 2.27. The molecule has 0 fully saturated rings. The van der Waals surface area contributed by atoms with Gasteiger partial charge in [0.15, 0.2) is 12.0 Å². The first-order valence-corrected chi connectivity index (χ1v) is 6.64. The topological polar surface area (TPSA) is 59.4 Å². The molecule has 20 heavy (non-hydrogen) atoms. The van der Waals surface area contributed by atoms with Gasteiger partial charge in [-0.1, -0.05) is 41.4 Å². The number of hydrogen-bond donors (Lipinski definition) is 3. The van der Waals surface area contributed by atoms with E-state index in [0.29, 0.717) is 10.6 Å². The predicted octanol–water partition coefficient (Wildman–Crippen LogP) is 3.79. The number of amidine groups is 1. The maximum atomic E-state index is 10.2. The van der Waals surface area contributed by atoms with Crippen LogP contribution in [0, 0.1) is 12.3 Å². The first-order valence-electron chi connectivity index (χ1n) is 6.26. The zero-order valence-corrected chi connectivity index (χ0v) is 11.6. The molecule has 2 aromatic carbocycles. The van der Waals surface area contributed by atoms with Crippen LogP contribution in [0.2, 0.25) is 5.02 Å². The van der Waals surface area contributed by atoms with Gasteiger partial charge in [0, 0.05) is 16.3 Å². The fraction of sp³-hybridized carbons (Fsp3) is 0.133. The number of rotatable bonds is 1. The second-order valence-corrected chi connectivity index (χ2v) is 5.28. The molecule has 5 heteroatoms. The smallest absolute Gasteiger partial charge is 0.157 e. The Morgan fingerprint density at radius 3 is 2.60 bits per heavy atom. The molecule has 1 aliphatic heterocycles. The van der Waals surface area contributed by atoms with Crippen LogP contribution in [-0.2, 0) is 0 Å².